The van der Waals surface area contributed by atoms with E-state index in [9.17, 15) is 0 Å². The minimum atomic E-state index is -2.17. The fourth-order valence-electron chi connectivity index (χ4n) is 0.838. The van der Waals surface area contributed by atoms with E-state index in [1.165, 1.54) is 5.56 Å². The van der Waals surface area contributed by atoms with Crippen molar-refractivity contribution in [3.63, 3.8) is 0 Å². The van der Waals surface area contributed by atoms with E-state index in [1.807, 2.05) is 6.07 Å². The Morgan fingerprint density at radius 1 is 0.941 bits per heavy atom. The minimum Gasteiger partial charge on any atom is -0.402 e. The Labute approximate surface area is 102 Å². The molecule has 0 amide bonds. The second-order valence-corrected chi connectivity index (χ2v) is 3.36. The summed E-state index contributed by atoms with van der Waals surface area (Å²) in [5, 5.41) is 36.8. The van der Waals surface area contributed by atoms with Crippen LogP contribution in [-0.4, -0.2) is 45.8 Å². The Hall–Kier alpha value is -0.915. The van der Waals surface area contributed by atoms with E-state index in [-0.39, 0.29) is 13.2 Å². The van der Waals surface area contributed by atoms with Gasteiger partial charge in [-0.15, -0.1) is 0 Å². The molecular weight excluding hydrogens is 223 g/mol. The molecule has 98 valence electrons. The smallest absolute Gasteiger partial charge is 0.402 e. The number of hydrogen-bond donors (Lipinski definition) is 5. The van der Waals surface area contributed by atoms with Crippen LogP contribution in [0.1, 0.15) is 25.3 Å². The predicted molar refractivity (Wildman–Crippen MR) is 67.1 cm³/mol. The molecule has 0 aliphatic carbocycles. The summed E-state index contributed by atoms with van der Waals surface area (Å²) in [7, 11) is -2.17. The van der Waals surface area contributed by atoms with Gasteiger partial charge in [0.15, 0.2) is 0 Å². The molecule has 5 N–H and O–H groups in total. The molecule has 0 aliphatic rings. The van der Waals surface area contributed by atoms with Crippen molar-refractivity contribution in [2.75, 3.05) is 13.2 Å². The number of aliphatic hydroxyl groups is 2. The topological polar surface area (TPSA) is 101 Å². The Balaban J connectivity index is 0. The van der Waals surface area contributed by atoms with Crippen molar-refractivity contribution in [3.8, 4) is 0 Å². The van der Waals surface area contributed by atoms with Crippen LogP contribution in [0, 0.1) is 0 Å². The molecular formula is C11H21BO5. The van der Waals surface area contributed by atoms with E-state index in [0.717, 1.165) is 0 Å². The summed E-state index contributed by atoms with van der Waals surface area (Å²) in [6.45, 7) is 4.16. The summed E-state index contributed by atoms with van der Waals surface area (Å²) in [6, 6.07) is 10.5. The average Bonchev–Trinajstić information content (AvgIpc) is 2.30. The van der Waals surface area contributed by atoms with Crippen molar-refractivity contribution in [3.05, 3.63) is 35.9 Å². The van der Waals surface area contributed by atoms with Crippen molar-refractivity contribution in [2.24, 2.45) is 0 Å². The lowest BCUT2D eigenvalue weighted by Gasteiger charge is -2.01. The van der Waals surface area contributed by atoms with Crippen molar-refractivity contribution in [1.29, 1.82) is 0 Å². The summed E-state index contributed by atoms with van der Waals surface area (Å²) >= 11 is 0. The zero-order chi connectivity index (χ0) is 13.7. The third-order valence-corrected chi connectivity index (χ3v) is 1.57. The van der Waals surface area contributed by atoms with Gasteiger partial charge in [0.25, 0.3) is 0 Å². The van der Waals surface area contributed by atoms with E-state index in [0.29, 0.717) is 5.92 Å². The Kier molecular flexibility index (Phi) is 14.3. The highest BCUT2D eigenvalue weighted by molar-refractivity contribution is 6.30. The maximum atomic E-state index is 7.62. The molecule has 0 saturated heterocycles. The first-order chi connectivity index (χ1) is 7.95. The largest absolute Gasteiger partial charge is 0.631 e. The first kappa shape index (κ1) is 18.5. The van der Waals surface area contributed by atoms with Crippen LogP contribution in [0.15, 0.2) is 30.3 Å². The van der Waals surface area contributed by atoms with Crippen molar-refractivity contribution in [2.45, 2.75) is 19.8 Å². The third kappa shape index (κ3) is 17.7. The number of benzene rings is 1. The molecule has 0 saturated carbocycles. The quantitative estimate of drug-likeness (QED) is 0.461. The van der Waals surface area contributed by atoms with Crippen molar-refractivity contribution in [1.82, 2.24) is 0 Å². The van der Waals surface area contributed by atoms with E-state index >= 15 is 0 Å². The van der Waals surface area contributed by atoms with Crippen LogP contribution in [0.4, 0.5) is 0 Å². The van der Waals surface area contributed by atoms with Gasteiger partial charge in [-0.2, -0.15) is 0 Å². The fourth-order valence-corrected chi connectivity index (χ4v) is 0.838. The second-order valence-electron chi connectivity index (χ2n) is 3.36. The minimum absolute atomic E-state index is 0.125. The van der Waals surface area contributed by atoms with Gasteiger partial charge in [-0.25, -0.2) is 0 Å². The lowest BCUT2D eigenvalue weighted by molar-refractivity contribution is 0.186. The van der Waals surface area contributed by atoms with Gasteiger partial charge >= 0.3 is 7.32 Å². The van der Waals surface area contributed by atoms with Crippen LogP contribution in [-0.2, 0) is 0 Å². The third-order valence-electron chi connectivity index (χ3n) is 1.57. The zero-order valence-corrected chi connectivity index (χ0v) is 10.2. The van der Waals surface area contributed by atoms with Gasteiger partial charge in [-0.05, 0) is 11.5 Å². The van der Waals surface area contributed by atoms with Gasteiger partial charge in [-0.1, -0.05) is 44.2 Å². The monoisotopic (exact) mass is 244 g/mol. The Morgan fingerprint density at radius 2 is 1.29 bits per heavy atom. The van der Waals surface area contributed by atoms with Crippen LogP contribution in [0.2, 0.25) is 0 Å². The van der Waals surface area contributed by atoms with Crippen LogP contribution in [0.25, 0.3) is 0 Å². The fraction of sp³-hybridized carbons (Fsp3) is 0.455. The molecule has 1 rings (SSSR count). The standard InChI is InChI=1S/C9H12.C2H6O2.BH3O3/c1-8(2)9-6-4-3-5-7-9;3-1-2-4;2-1(3)4/h3-8H,1-2H3;3-4H,1-2H2;2-4H. The predicted octanol–water partition coefficient (Wildman–Crippen LogP) is -0.271. The van der Waals surface area contributed by atoms with Gasteiger partial charge in [0, 0.05) is 0 Å². The molecule has 17 heavy (non-hydrogen) atoms. The van der Waals surface area contributed by atoms with Crippen molar-refractivity contribution < 1.29 is 25.3 Å². The second kappa shape index (κ2) is 13.2. The highest BCUT2D eigenvalue weighted by Crippen LogP contribution is 2.11. The first-order valence-corrected chi connectivity index (χ1v) is 5.26. The summed E-state index contributed by atoms with van der Waals surface area (Å²) < 4.78 is 0. The summed E-state index contributed by atoms with van der Waals surface area (Å²) in [5.41, 5.74) is 1.41. The molecule has 0 fully saturated rings. The average molecular weight is 244 g/mol. The van der Waals surface area contributed by atoms with Crippen molar-refractivity contribution >= 4 is 7.32 Å². The van der Waals surface area contributed by atoms with Gasteiger partial charge in [0.05, 0.1) is 13.2 Å². The highest BCUT2D eigenvalue weighted by Gasteiger charge is 1.93. The van der Waals surface area contributed by atoms with E-state index in [2.05, 4.69) is 38.1 Å². The normalized spacial score (nSPS) is 8.71. The molecule has 0 radical (unpaired) electrons. The molecule has 1 aromatic rings. The van der Waals surface area contributed by atoms with Crippen LogP contribution in [0.3, 0.4) is 0 Å². The van der Waals surface area contributed by atoms with Crippen LogP contribution >= 0.6 is 0 Å². The molecule has 0 spiro atoms. The van der Waals surface area contributed by atoms with E-state index in [1.54, 1.807) is 0 Å². The van der Waals surface area contributed by atoms with Gasteiger partial charge in [-0.3, -0.25) is 0 Å². The van der Waals surface area contributed by atoms with E-state index in [4.69, 9.17) is 25.3 Å². The molecule has 1 aromatic carbocycles. The summed E-state index contributed by atoms with van der Waals surface area (Å²) in [4.78, 5) is 0. The van der Waals surface area contributed by atoms with Gasteiger partial charge in [0.2, 0.25) is 0 Å². The van der Waals surface area contributed by atoms with Gasteiger partial charge in [0.1, 0.15) is 0 Å². The Bertz CT molecular complexity index is 236. The highest BCUT2D eigenvalue weighted by atomic mass is 16.5. The molecule has 0 heterocycles. The summed E-state index contributed by atoms with van der Waals surface area (Å²) in [5.74, 6) is 0.659. The Morgan fingerprint density at radius 3 is 1.47 bits per heavy atom. The molecule has 0 atom stereocenters. The zero-order valence-electron chi connectivity index (χ0n) is 10.2. The molecule has 0 aliphatic heterocycles. The number of aliphatic hydroxyl groups excluding tert-OH is 2. The first-order valence-electron chi connectivity index (χ1n) is 5.26. The molecule has 0 unspecified atom stereocenters. The van der Waals surface area contributed by atoms with Crippen LogP contribution in [0.5, 0.6) is 0 Å². The van der Waals surface area contributed by atoms with Crippen LogP contribution < -0.4 is 0 Å². The maximum Gasteiger partial charge on any atom is 0.631 e. The molecule has 6 heteroatoms. The molecule has 0 bridgehead atoms. The van der Waals surface area contributed by atoms with Gasteiger partial charge < -0.3 is 25.3 Å². The number of rotatable bonds is 2. The van der Waals surface area contributed by atoms with E-state index < -0.39 is 7.32 Å². The lowest BCUT2D eigenvalue weighted by atomic mass is 10.0. The maximum absolute atomic E-state index is 7.62. The summed E-state index contributed by atoms with van der Waals surface area (Å²) in [6.07, 6.45) is 0. The molecule has 0 aromatic heterocycles. The number of hydrogen-bond acceptors (Lipinski definition) is 5. The SMILES string of the molecule is CC(C)c1ccccc1.OB(O)O.OCCO. The lowest BCUT2D eigenvalue weighted by Crippen LogP contribution is -2.07. The molecule has 5 nitrogen and oxygen atoms in total.